The fraction of sp³-hybridized carbons (Fsp3) is 0.448. The molecule has 2 heterocycles. The van der Waals surface area contributed by atoms with E-state index >= 15 is 0 Å². The third kappa shape index (κ3) is 6.67. The van der Waals surface area contributed by atoms with Crippen LogP contribution in [0.25, 0.3) is 0 Å². The van der Waals surface area contributed by atoms with Crippen LogP contribution in [0.2, 0.25) is 0 Å². The first-order valence-corrected chi connectivity index (χ1v) is 14.9. The number of nitrogens with one attached hydrogen (secondary N) is 2. The van der Waals surface area contributed by atoms with E-state index in [1.807, 2.05) is 70.3 Å². The van der Waals surface area contributed by atoms with Gasteiger partial charge in [-0.1, -0.05) is 43.0 Å². The molecule has 10 heteroatoms. The van der Waals surface area contributed by atoms with Crippen molar-refractivity contribution in [3.8, 4) is 0 Å². The molecule has 208 valence electrons. The molecule has 0 aliphatic heterocycles. The first-order chi connectivity index (χ1) is 18.5. The molecule has 1 aliphatic rings. The number of carbonyl (C=O) groups is 3. The van der Waals surface area contributed by atoms with E-state index in [9.17, 15) is 14.4 Å². The number of aryl methyl sites for hydroxylation is 2. The SMILES string of the molecule is Cc1ccc(N(C(=O)c2snc(C(=O)NC3CCCCC3)c2N)C(C(=O)NC(C)(C)C)c2cccs2)c(C)c1. The monoisotopic (exact) mass is 567 g/mol. The largest absolute Gasteiger partial charge is 0.395 e. The van der Waals surface area contributed by atoms with Crippen molar-refractivity contribution in [2.24, 2.45) is 0 Å². The molecule has 8 nitrogen and oxygen atoms in total. The molecule has 2 aromatic heterocycles. The van der Waals surface area contributed by atoms with Gasteiger partial charge in [0.15, 0.2) is 11.7 Å². The molecule has 1 aromatic carbocycles. The second kappa shape index (κ2) is 11.9. The summed E-state index contributed by atoms with van der Waals surface area (Å²) in [6.07, 6.45) is 5.17. The molecule has 3 amide bonds. The minimum Gasteiger partial charge on any atom is -0.395 e. The Bertz CT molecular complexity index is 1340. The number of thiophene rings is 1. The van der Waals surface area contributed by atoms with E-state index in [2.05, 4.69) is 15.0 Å². The summed E-state index contributed by atoms with van der Waals surface area (Å²) >= 11 is 2.29. The number of carbonyl (C=O) groups excluding carboxylic acids is 3. The Kier molecular flexibility index (Phi) is 8.76. The summed E-state index contributed by atoms with van der Waals surface area (Å²) in [6.45, 7) is 9.59. The van der Waals surface area contributed by atoms with E-state index in [0.717, 1.165) is 48.3 Å². The van der Waals surface area contributed by atoms with Crippen LogP contribution in [-0.2, 0) is 4.79 Å². The third-order valence-corrected chi connectivity index (χ3v) is 8.50. The number of nitrogen functional groups attached to an aromatic ring is 1. The quantitative estimate of drug-likeness (QED) is 0.335. The number of amides is 3. The van der Waals surface area contributed by atoms with Gasteiger partial charge in [0.2, 0.25) is 5.91 Å². The zero-order valence-electron chi connectivity index (χ0n) is 23.2. The summed E-state index contributed by atoms with van der Waals surface area (Å²) in [7, 11) is 0. The van der Waals surface area contributed by atoms with Crippen LogP contribution in [0.5, 0.6) is 0 Å². The summed E-state index contributed by atoms with van der Waals surface area (Å²) in [5.74, 6) is -1.15. The molecule has 1 fully saturated rings. The summed E-state index contributed by atoms with van der Waals surface area (Å²) in [5, 5.41) is 7.96. The molecule has 1 aliphatic carbocycles. The van der Waals surface area contributed by atoms with Gasteiger partial charge < -0.3 is 16.4 Å². The van der Waals surface area contributed by atoms with Gasteiger partial charge >= 0.3 is 0 Å². The van der Waals surface area contributed by atoms with Crippen LogP contribution < -0.4 is 21.3 Å². The molecule has 4 N–H and O–H groups in total. The van der Waals surface area contributed by atoms with Gasteiger partial charge in [-0.3, -0.25) is 19.3 Å². The topological polar surface area (TPSA) is 117 Å². The Hall–Kier alpha value is -3.24. The predicted molar refractivity (Wildman–Crippen MR) is 159 cm³/mol. The summed E-state index contributed by atoms with van der Waals surface area (Å²) in [4.78, 5) is 43.5. The molecule has 0 bridgehead atoms. The maximum atomic E-state index is 14.3. The van der Waals surface area contributed by atoms with Gasteiger partial charge in [0.05, 0.1) is 5.69 Å². The average molecular weight is 568 g/mol. The Morgan fingerprint density at radius 1 is 1.10 bits per heavy atom. The highest BCUT2D eigenvalue weighted by atomic mass is 32.1. The van der Waals surface area contributed by atoms with Gasteiger partial charge in [-0.25, -0.2) is 0 Å². The smallest absolute Gasteiger partial charge is 0.273 e. The third-order valence-electron chi connectivity index (χ3n) is 6.73. The fourth-order valence-electron chi connectivity index (χ4n) is 4.93. The highest BCUT2D eigenvalue weighted by Crippen LogP contribution is 2.37. The standard InChI is InChI=1S/C29H37N5O3S2/c1-17-13-14-20(18(2)16-17)34(24(21-12-9-15-38-21)27(36)32-29(3,4)5)28(37)25-22(30)23(33-39-25)26(35)31-19-10-7-6-8-11-19/h9,12-16,19,24H,6-8,10-11,30H2,1-5H3,(H,31,35)(H,32,36). The van der Waals surface area contributed by atoms with Crippen molar-refractivity contribution in [3.05, 3.63) is 62.3 Å². The van der Waals surface area contributed by atoms with E-state index in [-0.39, 0.29) is 34.1 Å². The van der Waals surface area contributed by atoms with Crippen LogP contribution in [0.15, 0.2) is 35.7 Å². The van der Waals surface area contributed by atoms with Gasteiger partial charge in [-0.2, -0.15) is 4.37 Å². The van der Waals surface area contributed by atoms with E-state index in [0.29, 0.717) is 10.6 Å². The Labute approximate surface area is 238 Å². The lowest BCUT2D eigenvalue weighted by Gasteiger charge is -2.33. The van der Waals surface area contributed by atoms with Crippen LogP contribution in [0.3, 0.4) is 0 Å². The van der Waals surface area contributed by atoms with Crippen LogP contribution in [0.4, 0.5) is 11.4 Å². The van der Waals surface area contributed by atoms with Gasteiger partial charge in [-0.15, -0.1) is 11.3 Å². The molecular weight excluding hydrogens is 530 g/mol. The number of hydrogen-bond acceptors (Lipinski definition) is 7. The summed E-state index contributed by atoms with van der Waals surface area (Å²) < 4.78 is 4.30. The lowest BCUT2D eigenvalue weighted by molar-refractivity contribution is -0.123. The molecule has 1 unspecified atom stereocenters. The van der Waals surface area contributed by atoms with E-state index < -0.39 is 17.5 Å². The zero-order chi connectivity index (χ0) is 28.3. The molecule has 4 rings (SSSR count). The molecular formula is C29H37N5O3S2. The van der Waals surface area contributed by atoms with Crippen molar-refractivity contribution in [1.82, 2.24) is 15.0 Å². The summed E-state index contributed by atoms with van der Waals surface area (Å²) in [6, 6.07) is 8.58. The number of anilines is 2. The van der Waals surface area contributed by atoms with Crippen LogP contribution in [-0.4, -0.2) is 33.7 Å². The van der Waals surface area contributed by atoms with Crippen molar-refractivity contribution in [1.29, 1.82) is 0 Å². The Balaban J connectivity index is 1.76. The van der Waals surface area contributed by atoms with Crippen LogP contribution in [0.1, 0.15) is 95.1 Å². The molecule has 1 atom stereocenters. The minimum atomic E-state index is -0.945. The second-order valence-corrected chi connectivity index (χ2v) is 13.0. The lowest BCUT2D eigenvalue weighted by atomic mass is 9.95. The Morgan fingerprint density at radius 2 is 1.82 bits per heavy atom. The number of nitrogens with zero attached hydrogens (tertiary/aromatic N) is 2. The Morgan fingerprint density at radius 3 is 2.44 bits per heavy atom. The minimum absolute atomic E-state index is 0.0363. The molecule has 0 saturated heterocycles. The number of hydrogen-bond donors (Lipinski definition) is 3. The first-order valence-electron chi connectivity index (χ1n) is 13.3. The van der Waals surface area contributed by atoms with E-state index in [1.54, 1.807) is 0 Å². The predicted octanol–water partition coefficient (Wildman–Crippen LogP) is 5.77. The van der Waals surface area contributed by atoms with Crippen molar-refractivity contribution in [3.63, 3.8) is 0 Å². The fourth-order valence-corrected chi connectivity index (χ4v) is 6.47. The molecule has 0 radical (unpaired) electrons. The van der Waals surface area contributed by atoms with Crippen molar-refractivity contribution >= 4 is 52.0 Å². The van der Waals surface area contributed by atoms with Crippen molar-refractivity contribution in [2.75, 3.05) is 10.6 Å². The number of benzene rings is 1. The number of aromatic nitrogens is 1. The van der Waals surface area contributed by atoms with Gasteiger partial charge in [0, 0.05) is 22.1 Å². The molecule has 3 aromatic rings. The normalized spacial score (nSPS) is 15.0. The number of nitrogens with two attached hydrogens (primary N) is 1. The zero-order valence-corrected chi connectivity index (χ0v) is 24.8. The maximum Gasteiger partial charge on any atom is 0.273 e. The van der Waals surface area contributed by atoms with E-state index in [4.69, 9.17) is 5.73 Å². The molecule has 1 saturated carbocycles. The highest BCUT2D eigenvalue weighted by Gasteiger charge is 2.38. The first kappa shape index (κ1) is 28.8. The number of rotatable bonds is 7. The highest BCUT2D eigenvalue weighted by molar-refractivity contribution is 7.10. The lowest BCUT2D eigenvalue weighted by Crippen LogP contribution is -2.49. The van der Waals surface area contributed by atoms with Crippen LogP contribution in [0, 0.1) is 13.8 Å². The second-order valence-electron chi connectivity index (χ2n) is 11.2. The molecule has 0 spiro atoms. The molecule has 39 heavy (non-hydrogen) atoms. The van der Waals surface area contributed by atoms with Gasteiger partial charge in [-0.05, 0) is 82.1 Å². The van der Waals surface area contributed by atoms with Gasteiger partial charge in [0.25, 0.3) is 11.8 Å². The van der Waals surface area contributed by atoms with Crippen LogP contribution >= 0.6 is 22.9 Å². The maximum absolute atomic E-state index is 14.3. The van der Waals surface area contributed by atoms with Crippen molar-refractivity contribution < 1.29 is 14.4 Å². The van der Waals surface area contributed by atoms with E-state index in [1.165, 1.54) is 22.7 Å². The summed E-state index contributed by atoms with van der Waals surface area (Å²) in [5.41, 5.74) is 8.47. The van der Waals surface area contributed by atoms with Gasteiger partial charge in [0.1, 0.15) is 4.88 Å². The van der Waals surface area contributed by atoms with Crippen molar-refractivity contribution in [2.45, 2.75) is 84.3 Å². The average Bonchev–Trinajstić information content (AvgIpc) is 3.52.